The van der Waals surface area contributed by atoms with Crippen LogP contribution in [0, 0.1) is 0 Å². The number of aromatic nitrogens is 6. The second kappa shape index (κ2) is 7.43. The van der Waals surface area contributed by atoms with Gasteiger partial charge in [-0.25, -0.2) is 9.67 Å². The van der Waals surface area contributed by atoms with Gasteiger partial charge in [-0.2, -0.15) is 11.8 Å². The molecule has 126 valence electrons. The zero-order valence-electron chi connectivity index (χ0n) is 13.5. The number of thioether (sulfide) groups is 1. The first kappa shape index (κ1) is 16.4. The van der Waals surface area contributed by atoms with Crippen LogP contribution in [0.2, 0.25) is 0 Å². The fourth-order valence-electron chi connectivity index (χ4n) is 2.41. The van der Waals surface area contributed by atoms with E-state index >= 15 is 0 Å². The maximum absolute atomic E-state index is 12.5. The van der Waals surface area contributed by atoms with Gasteiger partial charge in [-0.1, -0.05) is 12.1 Å². The lowest BCUT2D eigenvalue weighted by Crippen LogP contribution is -2.35. The first-order valence-corrected chi connectivity index (χ1v) is 9.05. The van der Waals surface area contributed by atoms with E-state index in [2.05, 4.69) is 30.8 Å². The number of rotatable bonds is 7. The second-order valence-electron chi connectivity index (χ2n) is 5.45. The van der Waals surface area contributed by atoms with Crippen molar-refractivity contribution in [2.75, 3.05) is 12.0 Å². The predicted molar refractivity (Wildman–Crippen MR) is 92.5 cm³/mol. The van der Waals surface area contributed by atoms with E-state index in [4.69, 9.17) is 0 Å². The number of hydrogen-bond donors (Lipinski definition) is 2. The molecule has 3 rings (SSSR count). The number of para-hydroxylation sites is 2. The smallest absolute Gasteiger partial charge is 0.245 e. The van der Waals surface area contributed by atoms with Crippen molar-refractivity contribution >= 4 is 28.7 Å². The lowest BCUT2D eigenvalue weighted by atomic mass is 10.2. The summed E-state index contributed by atoms with van der Waals surface area (Å²) >= 11 is 1.73. The van der Waals surface area contributed by atoms with Gasteiger partial charge in [0.25, 0.3) is 0 Å². The number of fused-ring (bicyclic) bond motifs is 1. The van der Waals surface area contributed by atoms with E-state index in [1.54, 1.807) is 18.7 Å². The van der Waals surface area contributed by atoms with Crippen LogP contribution in [0.15, 0.2) is 30.6 Å². The van der Waals surface area contributed by atoms with Gasteiger partial charge in [0.2, 0.25) is 5.91 Å². The van der Waals surface area contributed by atoms with Crippen molar-refractivity contribution in [1.29, 1.82) is 0 Å². The molecular formula is C15H19N7OS. The summed E-state index contributed by atoms with van der Waals surface area (Å²) in [5.74, 6) is 1.54. The molecule has 8 nitrogen and oxygen atoms in total. The Kier molecular flexibility index (Phi) is 5.09. The van der Waals surface area contributed by atoms with Gasteiger partial charge in [-0.15, -0.1) is 5.10 Å². The van der Waals surface area contributed by atoms with Crippen LogP contribution in [-0.2, 0) is 4.79 Å². The highest BCUT2D eigenvalue weighted by molar-refractivity contribution is 7.98. The molecule has 3 aromatic rings. The van der Waals surface area contributed by atoms with Crippen molar-refractivity contribution < 1.29 is 4.79 Å². The van der Waals surface area contributed by atoms with Crippen LogP contribution in [0.5, 0.6) is 0 Å². The lowest BCUT2D eigenvalue weighted by Gasteiger charge is -2.19. The maximum atomic E-state index is 12.5. The predicted octanol–water partition coefficient (Wildman–Crippen LogP) is 1.72. The summed E-state index contributed by atoms with van der Waals surface area (Å²) in [7, 11) is 0. The molecule has 2 aromatic heterocycles. The number of tetrazole rings is 1. The number of nitrogens with zero attached hydrogens (tertiary/aromatic N) is 5. The molecule has 0 aliphatic heterocycles. The fraction of sp³-hybridized carbons (Fsp3) is 0.400. The van der Waals surface area contributed by atoms with Crippen molar-refractivity contribution in [2.24, 2.45) is 0 Å². The summed E-state index contributed by atoms with van der Waals surface area (Å²) < 4.78 is 1.43. The van der Waals surface area contributed by atoms with Crippen molar-refractivity contribution in [1.82, 2.24) is 35.5 Å². The normalized spacial score (nSPS) is 13.8. The molecule has 2 heterocycles. The quantitative estimate of drug-likeness (QED) is 0.676. The average Bonchev–Trinajstić information content (AvgIpc) is 3.26. The van der Waals surface area contributed by atoms with E-state index in [1.807, 2.05) is 30.5 Å². The van der Waals surface area contributed by atoms with E-state index in [-0.39, 0.29) is 11.9 Å². The largest absolute Gasteiger partial charge is 0.344 e. The molecule has 24 heavy (non-hydrogen) atoms. The second-order valence-corrected chi connectivity index (χ2v) is 6.43. The highest BCUT2D eigenvalue weighted by Crippen LogP contribution is 2.20. The maximum Gasteiger partial charge on any atom is 0.245 e. The summed E-state index contributed by atoms with van der Waals surface area (Å²) in [6.07, 6.45) is 4.26. The third kappa shape index (κ3) is 3.56. The monoisotopic (exact) mass is 345 g/mol. The minimum Gasteiger partial charge on any atom is -0.344 e. The molecule has 0 spiro atoms. The number of benzene rings is 1. The SMILES string of the molecule is CSCC[C@H](NC(=O)[C@H](C)n1cnnn1)c1nc2ccccc2[nH]1. The molecule has 0 aliphatic carbocycles. The summed E-state index contributed by atoms with van der Waals surface area (Å²) in [6, 6.07) is 7.16. The van der Waals surface area contributed by atoms with Crippen LogP contribution in [0.1, 0.15) is 31.3 Å². The van der Waals surface area contributed by atoms with Crippen molar-refractivity contribution in [2.45, 2.75) is 25.4 Å². The molecule has 0 fully saturated rings. The molecule has 2 N–H and O–H groups in total. The van der Waals surface area contributed by atoms with Gasteiger partial charge >= 0.3 is 0 Å². The molecule has 1 amide bonds. The zero-order valence-corrected chi connectivity index (χ0v) is 14.3. The Morgan fingerprint density at radius 1 is 1.42 bits per heavy atom. The van der Waals surface area contributed by atoms with Gasteiger partial charge < -0.3 is 10.3 Å². The van der Waals surface area contributed by atoms with Crippen LogP contribution in [0.3, 0.4) is 0 Å². The van der Waals surface area contributed by atoms with E-state index < -0.39 is 6.04 Å². The van der Waals surface area contributed by atoms with Gasteiger partial charge in [0.05, 0.1) is 17.1 Å². The van der Waals surface area contributed by atoms with E-state index in [9.17, 15) is 4.79 Å². The summed E-state index contributed by atoms with van der Waals surface area (Å²) in [5.41, 5.74) is 1.86. The topological polar surface area (TPSA) is 101 Å². The summed E-state index contributed by atoms with van der Waals surface area (Å²) in [4.78, 5) is 20.4. The number of H-pyrrole nitrogens is 1. The Hall–Kier alpha value is -2.42. The van der Waals surface area contributed by atoms with Crippen LogP contribution >= 0.6 is 11.8 Å². The molecule has 1 aromatic carbocycles. The molecule has 2 atom stereocenters. The Morgan fingerprint density at radius 2 is 2.25 bits per heavy atom. The third-order valence-corrected chi connectivity index (χ3v) is 4.45. The highest BCUT2D eigenvalue weighted by Gasteiger charge is 2.23. The molecule has 0 unspecified atom stereocenters. The van der Waals surface area contributed by atoms with Crippen molar-refractivity contribution in [3.63, 3.8) is 0 Å². The molecule has 0 saturated carbocycles. The van der Waals surface area contributed by atoms with Gasteiger partial charge in [-0.3, -0.25) is 4.79 Å². The first-order valence-electron chi connectivity index (χ1n) is 7.65. The standard InChI is InChI=1S/C15H19N7OS/c1-10(22-9-16-20-21-22)15(23)19-13(7-8-24-2)14-17-11-5-3-4-6-12(11)18-14/h3-6,9-10,13H,7-8H2,1-2H3,(H,17,18)(H,19,23)/t10-,13-/m0/s1. The van der Waals surface area contributed by atoms with Crippen molar-refractivity contribution in [3.8, 4) is 0 Å². The molecular weight excluding hydrogens is 326 g/mol. The molecule has 0 aliphatic rings. The molecule has 0 bridgehead atoms. The zero-order chi connectivity index (χ0) is 16.9. The minimum atomic E-state index is -0.485. The first-order chi connectivity index (χ1) is 11.7. The number of imidazole rings is 1. The highest BCUT2D eigenvalue weighted by atomic mass is 32.2. The Labute approximate surface area is 143 Å². The third-order valence-electron chi connectivity index (χ3n) is 3.81. The average molecular weight is 345 g/mol. The number of hydrogen-bond acceptors (Lipinski definition) is 6. The number of aromatic amines is 1. The summed E-state index contributed by atoms with van der Waals surface area (Å²) in [5, 5.41) is 14.0. The Bertz CT molecular complexity index is 768. The van der Waals surface area contributed by atoms with E-state index in [0.29, 0.717) is 0 Å². The van der Waals surface area contributed by atoms with E-state index in [1.165, 1.54) is 11.0 Å². The molecule has 9 heteroatoms. The van der Waals surface area contributed by atoms with Gasteiger partial charge in [0.1, 0.15) is 18.2 Å². The van der Waals surface area contributed by atoms with Crippen LogP contribution in [-0.4, -0.2) is 48.1 Å². The van der Waals surface area contributed by atoms with Crippen LogP contribution < -0.4 is 5.32 Å². The molecule has 0 radical (unpaired) electrons. The van der Waals surface area contributed by atoms with Gasteiger partial charge in [0.15, 0.2) is 0 Å². The Morgan fingerprint density at radius 3 is 2.96 bits per heavy atom. The van der Waals surface area contributed by atoms with Gasteiger partial charge in [-0.05, 0) is 47.9 Å². The fourth-order valence-corrected chi connectivity index (χ4v) is 2.88. The Balaban J connectivity index is 1.79. The van der Waals surface area contributed by atoms with Crippen LogP contribution in [0.4, 0.5) is 0 Å². The summed E-state index contributed by atoms with van der Waals surface area (Å²) in [6.45, 7) is 1.76. The van der Waals surface area contributed by atoms with E-state index in [0.717, 1.165) is 29.0 Å². The number of carbonyl (C=O) groups excluding carboxylic acids is 1. The van der Waals surface area contributed by atoms with Crippen molar-refractivity contribution in [3.05, 3.63) is 36.4 Å². The van der Waals surface area contributed by atoms with Crippen LogP contribution in [0.25, 0.3) is 11.0 Å². The van der Waals surface area contributed by atoms with Gasteiger partial charge in [0, 0.05) is 0 Å². The molecule has 0 saturated heterocycles. The number of nitrogens with one attached hydrogen (secondary N) is 2. The number of carbonyl (C=O) groups is 1. The number of amides is 1. The lowest BCUT2D eigenvalue weighted by molar-refractivity contribution is -0.125. The minimum absolute atomic E-state index is 0.145.